The summed E-state index contributed by atoms with van der Waals surface area (Å²) in [5.41, 5.74) is 2.65. The lowest BCUT2D eigenvalue weighted by atomic mass is 10.0. The molecule has 32 heavy (non-hydrogen) atoms. The minimum absolute atomic E-state index is 0.182. The van der Waals surface area contributed by atoms with Crippen LogP contribution in [0.5, 0.6) is 0 Å². The molecule has 0 spiro atoms. The van der Waals surface area contributed by atoms with Crippen LogP contribution in [0, 0.1) is 18.8 Å². The van der Waals surface area contributed by atoms with Gasteiger partial charge in [-0.05, 0) is 29.9 Å². The van der Waals surface area contributed by atoms with Crippen molar-refractivity contribution in [3.8, 4) is 0 Å². The van der Waals surface area contributed by atoms with Gasteiger partial charge in [-0.1, -0.05) is 24.3 Å². The lowest BCUT2D eigenvalue weighted by molar-refractivity contribution is -0.192. The molecular weight excluding hydrogens is 427 g/mol. The summed E-state index contributed by atoms with van der Waals surface area (Å²) in [7, 11) is 0. The summed E-state index contributed by atoms with van der Waals surface area (Å²) in [6.07, 6.45) is -1.79. The summed E-state index contributed by atoms with van der Waals surface area (Å²) in [5.74, 6) is -0.773. The van der Waals surface area contributed by atoms with Crippen molar-refractivity contribution in [2.24, 2.45) is 11.8 Å². The first-order valence-corrected chi connectivity index (χ1v) is 10.1. The van der Waals surface area contributed by atoms with Gasteiger partial charge in [-0.25, -0.2) is 9.78 Å². The van der Waals surface area contributed by atoms with Gasteiger partial charge in [0.05, 0.1) is 12.4 Å². The number of rotatable bonds is 4. The van der Waals surface area contributed by atoms with Crippen LogP contribution in [0.25, 0.3) is 0 Å². The van der Waals surface area contributed by atoms with Gasteiger partial charge in [-0.3, -0.25) is 9.78 Å². The SMILES string of the molecule is Cc1ccccc1CNC(=O)c1cncc(N2C[C@H]3CNC[C@H]3C2)n1.O=C(O)C(F)(F)F. The van der Waals surface area contributed by atoms with Gasteiger partial charge in [0.1, 0.15) is 11.5 Å². The van der Waals surface area contributed by atoms with Gasteiger partial charge in [-0.15, -0.1) is 0 Å². The Morgan fingerprint density at radius 1 is 1.19 bits per heavy atom. The number of aromatic nitrogens is 2. The predicted octanol–water partition coefficient (Wildman–Crippen LogP) is 2.00. The molecular formula is C21H24F3N5O3. The van der Waals surface area contributed by atoms with Crippen LogP contribution in [0.3, 0.4) is 0 Å². The summed E-state index contributed by atoms with van der Waals surface area (Å²) in [4.78, 5) is 32.4. The van der Waals surface area contributed by atoms with E-state index in [4.69, 9.17) is 9.90 Å². The number of aliphatic carboxylic acids is 1. The van der Waals surface area contributed by atoms with Crippen molar-refractivity contribution in [1.82, 2.24) is 20.6 Å². The largest absolute Gasteiger partial charge is 0.490 e. The highest BCUT2D eigenvalue weighted by Gasteiger charge is 2.38. The number of hydrogen-bond donors (Lipinski definition) is 3. The van der Waals surface area contributed by atoms with Crippen LogP contribution < -0.4 is 15.5 Å². The Hall–Kier alpha value is -3.21. The van der Waals surface area contributed by atoms with Gasteiger partial charge < -0.3 is 20.6 Å². The van der Waals surface area contributed by atoms with E-state index in [0.29, 0.717) is 24.1 Å². The van der Waals surface area contributed by atoms with E-state index in [-0.39, 0.29) is 5.91 Å². The fourth-order valence-electron chi connectivity index (χ4n) is 3.73. The molecule has 3 heterocycles. The summed E-state index contributed by atoms with van der Waals surface area (Å²) in [5, 5.41) is 13.5. The number of carboxylic acids is 1. The first-order chi connectivity index (χ1) is 15.1. The zero-order valence-corrected chi connectivity index (χ0v) is 17.4. The van der Waals surface area contributed by atoms with Crippen LogP contribution in [0.1, 0.15) is 21.6 Å². The maximum atomic E-state index is 12.5. The number of aryl methyl sites for hydroxylation is 1. The lowest BCUT2D eigenvalue weighted by Crippen LogP contribution is -2.28. The average Bonchev–Trinajstić information content (AvgIpc) is 3.35. The minimum atomic E-state index is -5.08. The average molecular weight is 451 g/mol. The molecule has 172 valence electrons. The highest BCUT2D eigenvalue weighted by molar-refractivity contribution is 5.92. The van der Waals surface area contributed by atoms with Gasteiger partial charge in [0, 0.05) is 32.7 Å². The first kappa shape index (κ1) is 23.5. The Balaban J connectivity index is 0.000000360. The number of carbonyl (C=O) groups is 2. The third-order valence-corrected chi connectivity index (χ3v) is 5.51. The van der Waals surface area contributed by atoms with Crippen LogP contribution in [-0.2, 0) is 11.3 Å². The van der Waals surface area contributed by atoms with Crippen LogP contribution in [-0.4, -0.2) is 59.3 Å². The van der Waals surface area contributed by atoms with E-state index in [9.17, 15) is 18.0 Å². The normalized spacial score (nSPS) is 19.7. The number of alkyl halides is 3. The maximum absolute atomic E-state index is 12.5. The maximum Gasteiger partial charge on any atom is 0.490 e. The molecule has 1 aromatic heterocycles. The Morgan fingerprint density at radius 3 is 2.41 bits per heavy atom. The number of anilines is 1. The molecule has 4 rings (SSSR count). The van der Waals surface area contributed by atoms with Crippen molar-refractivity contribution in [3.63, 3.8) is 0 Å². The van der Waals surface area contributed by atoms with Gasteiger partial charge in [0.15, 0.2) is 0 Å². The molecule has 8 nitrogen and oxygen atoms in total. The smallest absolute Gasteiger partial charge is 0.475 e. The molecule has 0 unspecified atom stereocenters. The summed E-state index contributed by atoms with van der Waals surface area (Å²) >= 11 is 0. The van der Waals surface area contributed by atoms with Crippen molar-refractivity contribution in [1.29, 1.82) is 0 Å². The molecule has 2 saturated heterocycles. The second-order valence-electron chi connectivity index (χ2n) is 7.76. The topological polar surface area (TPSA) is 107 Å². The van der Waals surface area contributed by atoms with E-state index < -0.39 is 12.1 Å². The third kappa shape index (κ3) is 5.94. The van der Waals surface area contributed by atoms with Gasteiger partial charge >= 0.3 is 12.1 Å². The molecule has 0 saturated carbocycles. The van der Waals surface area contributed by atoms with Crippen molar-refractivity contribution < 1.29 is 27.9 Å². The Labute approximate surface area is 182 Å². The van der Waals surface area contributed by atoms with E-state index in [0.717, 1.165) is 37.6 Å². The molecule has 2 aliphatic rings. The summed E-state index contributed by atoms with van der Waals surface area (Å²) in [6, 6.07) is 8.04. The zero-order valence-electron chi connectivity index (χ0n) is 17.4. The highest BCUT2D eigenvalue weighted by atomic mass is 19.4. The standard InChI is InChI=1S/C19H23N5O.C2HF3O2/c1-13-4-2-3-5-14(13)8-22-19(25)17-9-21-10-18(23-17)24-11-15-6-20-7-16(15)12-24;3-2(4,5)1(6)7/h2-5,9-10,15-16,20H,6-8,11-12H2,1H3,(H,22,25);(H,6,7)/t15-,16+;. The van der Waals surface area contributed by atoms with E-state index in [1.807, 2.05) is 31.2 Å². The van der Waals surface area contributed by atoms with E-state index in [2.05, 4.69) is 25.5 Å². The minimum Gasteiger partial charge on any atom is -0.475 e. The molecule has 1 amide bonds. The number of carboxylic acid groups (broad SMARTS) is 1. The number of hydrogen-bond acceptors (Lipinski definition) is 6. The van der Waals surface area contributed by atoms with Gasteiger partial charge in [0.2, 0.25) is 0 Å². The number of fused-ring (bicyclic) bond motifs is 1. The zero-order chi connectivity index (χ0) is 23.3. The molecule has 2 aliphatic heterocycles. The molecule has 0 aliphatic carbocycles. The van der Waals surface area contributed by atoms with Crippen molar-refractivity contribution in [2.75, 3.05) is 31.1 Å². The quantitative estimate of drug-likeness (QED) is 0.653. The number of nitrogens with zero attached hydrogens (tertiary/aromatic N) is 3. The molecule has 2 atom stereocenters. The third-order valence-electron chi connectivity index (χ3n) is 5.51. The second-order valence-corrected chi connectivity index (χ2v) is 7.76. The molecule has 3 N–H and O–H groups in total. The van der Waals surface area contributed by atoms with E-state index in [1.165, 1.54) is 11.8 Å². The molecule has 11 heteroatoms. The lowest BCUT2D eigenvalue weighted by Gasteiger charge is -2.18. The Kier molecular flexibility index (Phi) is 7.29. The molecule has 1 aromatic carbocycles. The fraction of sp³-hybridized carbons (Fsp3) is 0.429. The van der Waals surface area contributed by atoms with Crippen molar-refractivity contribution in [2.45, 2.75) is 19.6 Å². The number of nitrogens with one attached hydrogen (secondary N) is 2. The molecule has 0 radical (unpaired) electrons. The molecule has 2 fully saturated rings. The Morgan fingerprint density at radius 2 is 1.81 bits per heavy atom. The van der Waals surface area contributed by atoms with E-state index in [1.54, 1.807) is 6.20 Å². The highest BCUT2D eigenvalue weighted by Crippen LogP contribution is 2.29. The predicted molar refractivity (Wildman–Crippen MR) is 110 cm³/mol. The van der Waals surface area contributed by atoms with Crippen molar-refractivity contribution in [3.05, 3.63) is 53.5 Å². The van der Waals surface area contributed by atoms with Crippen molar-refractivity contribution >= 4 is 17.7 Å². The second kappa shape index (κ2) is 9.94. The van der Waals surface area contributed by atoms with Gasteiger partial charge in [-0.2, -0.15) is 13.2 Å². The fourth-order valence-corrected chi connectivity index (χ4v) is 3.73. The number of amides is 1. The monoisotopic (exact) mass is 451 g/mol. The van der Waals surface area contributed by atoms with Crippen LogP contribution in [0.2, 0.25) is 0 Å². The van der Waals surface area contributed by atoms with Crippen LogP contribution in [0.15, 0.2) is 36.7 Å². The summed E-state index contributed by atoms with van der Waals surface area (Å²) < 4.78 is 31.7. The molecule has 0 bridgehead atoms. The number of benzene rings is 1. The summed E-state index contributed by atoms with van der Waals surface area (Å²) in [6.45, 7) is 6.66. The number of halogens is 3. The Bertz CT molecular complexity index is 958. The van der Waals surface area contributed by atoms with E-state index >= 15 is 0 Å². The number of carbonyl (C=O) groups excluding carboxylic acids is 1. The molecule has 2 aromatic rings. The van der Waals surface area contributed by atoms with Crippen LogP contribution in [0.4, 0.5) is 19.0 Å². The van der Waals surface area contributed by atoms with Crippen LogP contribution >= 0.6 is 0 Å². The first-order valence-electron chi connectivity index (χ1n) is 10.1. The van der Waals surface area contributed by atoms with Gasteiger partial charge in [0.25, 0.3) is 5.91 Å².